The third-order valence-electron chi connectivity index (χ3n) is 4.27. The monoisotopic (exact) mass is 447 g/mol. The second kappa shape index (κ2) is 8.43. The summed E-state index contributed by atoms with van der Waals surface area (Å²) < 4.78 is 27.2. The third-order valence-corrected chi connectivity index (χ3v) is 4.77. The summed E-state index contributed by atoms with van der Waals surface area (Å²) in [6.45, 7) is 0. The van der Waals surface area contributed by atoms with Gasteiger partial charge in [0.25, 0.3) is 5.91 Å². The number of methoxy groups -OCH3 is 2. The van der Waals surface area contributed by atoms with E-state index in [0.717, 1.165) is 0 Å². The molecule has 1 amide bonds. The quantitative estimate of drug-likeness (QED) is 0.622. The molecule has 1 unspecified atom stereocenters. The first kappa shape index (κ1) is 19.9. The molecule has 0 aliphatic rings. The van der Waals surface area contributed by atoms with E-state index in [0.29, 0.717) is 27.4 Å². The molecule has 1 atom stereocenters. The molecule has 2 aromatic carbocycles. The van der Waals surface area contributed by atoms with E-state index in [1.165, 1.54) is 18.2 Å². The van der Waals surface area contributed by atoms with Crippen molar-refractivity contribution in [1.82, 2.24) is 14.9 Å². The predicted molar refractivity (Wildman–Crippen MR) is 106 cm³/mol. The molecular weight excluding hydrogens is 429 g/mol. The van der Waals surface area contributed by atoms with Crippen molar-refractivity contribution < 1.29 is 18.7 Å². The fourth-order valence-electron chi connectivity index (χ4n) is 2.83. The van der Waals surface area contributed by atoms with Crippen molar-refractivity contribution in [2.45, 2.75) is 6.04 Å². The molecule has 0 saturated heterocycles. The van der Waals surface area contributed by atoms with Crippen LogP contribution in [-0.4, -0.2) is 29.7 Å². The molecule has 3 rings (SSSR count). The Hall–Kier alpha value is -2.87. The summed E-state index contributed by atoms with van der Waals surface area (Å²) in [5.41, 5.74) is 0.623. The number of hydrogen-bond acceptors (Lipinski definition) is 4. The number of halogens is 2. The zero-order valence-corrected chi connectivity index (χ0v) is 17.2. The summed E-state index contributed by atoms with van der Waals surface area (Å²) in [4.78, 5) is 17.2. The molecule has 8 heteroatoms. The van der Waals surface area contributed by atoms with Crippen molar-refractivity contribution in [3.8, 4) is 11.5 Å². The molecule has 1 aromatic heterocycles. The molecule has 0 saturated carbocycles. The molecule has 0 aliphatic heterocycles. The molecule has 0 radical (unpaired) electrons. The zero-order chi connectivity index (χ0) is 20.3. The van der Waals surface area contributed by atoms with Crippen LogP contribution in [0.25, 0.3) is 0 Å². The number of carbonyl (C=O) groups is 1. The average Bonchev–Trinajstić information content (AvgIpc) is 3.12. The van der Waals surface area contributed by atoms with Crippen LogP contribution in [0.5, 0.6) is 11.5 Å². The Morgan fingerprint density at radius 1 is 1.18 bits per heavy atom. The van der Waals surface area contributed by atoms with Crippen LogP contribution in [0.2, 0.25) is 0 Å². The summed E-state index contributed by atoms with van der Waals surface area (Å²) in [5.74, 6) is 0.544. The number of carbonyl (C=O) groups excluding carboxylic acids is 1. The first-order valence-corrected chi connectivity index (χ1v) is 9.18. The van der Waals surface area contributed by atoms with Crippen LogP contribution in [0.1, 0.15) is 27.8 Å². The molecule has 0 fully saturated rings. The van der Waals surface area contributed by atoms with Crippen molar-refractivity contribution in [2.24, 2.45) is 7.05 Å². The number of nitrogens with one attached hydrogen (secondary N) is 1. The Balaban J connectivity index is 2.05. The molecule has 3 aromatic rings. The lowest BCUT2D eigenvalue weighted by atomic mass is 10.0. The Bertz CT molecular complexity index is 984. The van der Waals surface area contributed by atoms with Gasteiger partial charge in [-0.05, 0) is 35.9 Å². The summed E-state index contributed by atoms with van der Waals surface area (Å²) in [5, 5.41) is 2.87. The van der Waals surface area contributed by atoms with Gasteiger partial charge in [0.1, 0.15) is 29.2 Å². The van der Waals surface area contributed by atoms with Gasteiger partial charge in [-0.2, -0.15) is 0 Å². The van der Waals surface area contributed by atoms with Crippen molar-refractivity contribution >= 4 is 21.8 Å². The SMILES string of the molecule is COc1cc(OC)cc(C(NC(=O)c2cc(Br)ccc2F)c2nccn2C)c1. The normalized spacial score (nSPS) is 11.8. The zero-order valence-electron chi connectivity index (χ0n) is 15.6. The van der Waals surface area contributed by atoms with E-state index in [2.05, 4.69) is 26.2 Å². The predicted octanol–water partition coefficient (Wildman–Crippen LogP) is 3.86. The second-order valence-electron chi connectivity index (χ2n) is 6.07. The minimum atomic E-state index is -0.644. The standard InChI is InChI=1S/C20H19BrFN3O3/c1-25-7-6-23-19(25)18(12-8-14(27-2)11-15(9-12)28-3)24-20(26)16-10-13(21)4-5-17(16)22/h4-11,18H,1-3H3,(H,24,26). The average molecular weight is 448 g/mol. The summed E-state index contributed by atoms with van der Waals surface area (Å²) in [7, 11) is 4.91. The maximum Gasteiger partial charge on any atom is 0.255 e. The molecule has 0 spiro atoms. The number of aryl methyl sites for hydroxylation is 1. The maximum absolute atomic E-state index is 14.2. The summed E-state index contributed by atoms with van der Waals surface area (Å²) in [6.07, 6.45) is 3.40. The molecule has 0 aliphatic carbocycles. The molecule has 1 heterocycles. The highest BCUT2D eigenvalue weighted by molar-refractivity contribution is 9.10. The number of aromatic nitrogens is 2. The second-order valence-corrected chi connectivity index (χ2v) is 6.99. The Morgan fingerprint density at radius 3 is 2.43 bits per heavy atom. The highest BCUT2D eigenvalue weighted by atomic mass is 79.9. The number of ether oxygens (including phenoxy) is 2. The maximum atomic E-state index is 14.2. The van der Waals surface area contributed by atoms with E-state index >= 15 is 0 Å². The minimum absolute atomic E-state index is 0.0663. The van der Waals surface area contributed by atoms with Crippen LogP contribution in [0.3, 0.4) is 0 Å². The van der Waals surface area contributed by atoms with Gasteiger partial charge in [-0.15, -0.1) is 0 Å². The van der Waals surface area contributed by atoms with Crippen molar-refractivity contribution in [2.75, 3.05) is 14.2 Å². The topological polar surface area (TPSA) is 65.4 Å². The fourth-order valence-corrected chi connectivity index (χ4v) is 3.19. The van der Waals surface area contributed by atoms with Gasteiger partial charge < -0.3 is 19.4 Å². The number of hydrogen-bond donors (Lipinski definition) is 1. The van der Waals surface area contributed by atoms with Crippen molar-refractivity contribution in [1.29, 1.82) is 0 Å². The number of amides is 1. The van der Waals surface area contributed by atoms with Gasteiger partial charge in [0.05, 0.1) is 19.8 Å². The molecular formula is C20H19BrFN3O3. The lowest BCUT2D eigenvalue weighted by Crippen LogP contribution is -2.31. The summed E-state index contributed by atoms with van der Waals surface area (Å²) in [6, 6.07) is 8.85. The van der Waals surface area contributed by atoms with Crippen LogP contribution in [0, 0.1) is 5.82 Å². The molecule has 146 valence electrons. The van der Waals surface area contributed by atoms with Crippen LogP contribution in [0.4, 0.5) is 4.39 Å². The molecule has 1 N–H and O–H groups in total. The fraction of sp³-hybridized carbons (Fsp3) is 0.200. The molecule has 6 nitrogen and oxygen atoms in total. The van der Waals surface area contributed by atoms with Crippen LogP contribution >= 0.6 is 15.9 Å². The van der Waals surface area contributed by atoms with E-state index in [9.17, 15) is 9.18 Å². The number of imidazole rings is 1. The number of benzene rings is 2. The van der Waals surface area contributed by atoms with E-state index in [4.69, 9.17) is 9.47 Å². The van der Waals surface area contributed by atoms with Gasteiger partial charge in [0, 0.05) is 30.0 Å². The largest absolute Gasteiger partial charge is 0.497 e. The summed E-state index contributed by atoms with van der Waals surface area (Å²) >= 11 is 3.27. The van der Waals surface area contributed by atoms with Gasteiger partial charge in [-0.3, -0.25) is 4.79 Å². The van der Waals surface area contributed by atoms with E-state index in [-0.39, 0.29) is 5.56 Å². The smallest absolute Gasteiger partial charge is 0.255 e. The lowest BCUT2D eigenvalue weighted by molar-refractivity contribution is 0.0937. The highest BCUT2D eigenvalue weighted by Gasteiger charge is 2.24. The number of rotatable bonds is 6. The van der Waals surface area contributed by atoms with Gasteiger partial charge >= 0.3 is 0 Å². The third kappa shape index (κ3) is 4.17. The van der Waals surface area contributed by atoms with Gasteiger partial charge in [-0.25, -0.2) is 9.37 Å². The first-order chi connectivity index (χ1) is 13.4. The van der Waals surface area contributed by atoms with E-state index < -0.39 is 17.8 Å². The Labute approximate surface area is 170 Å². The van der Waals surface area contributed by atoms with E-state index in [1.807, 2.05) is 7.05 Å². The lowest BCUT2D eigenvalue weighted by Gasteiger charge is -2.21. The van der Waals surface area contributed by atoms with Crippen LogP contribution < -0.4 is 14.8 Å². The number of nitrogens with zero attached hydrogens (tertiary/aromatic N) is 2. The van der Waals surface area contributed by atoms with Gasteiger partial charge in [-0.1, -0.05) is 15.9 Å². The Kier molecular flexibility index (Phi) is 5.99. The van der Waals surface area contributed by atoms with E-state index in [1.54, 1.807) is 49.4 Å². The Morgan fingerprint density at radius 2 is 1.86 bits per heavy atom. The van der Waals surface area contributed by atoms with Gasteiger partial charge in [0.15, 0.2) is 0 Å². The highest BCUT2D eigenvalue weighted by Crippen LogP contribution is 2.30. The molecule has 0 bridgehead atoms. The molecule has 28 heavy (non-hydrogen) atoms. The first-order valence-electron chi connectivity index (χ1n) is 8.39. The van der Waals surface area contributed by atoms with Crippen LogP contribution in [0.15, 0.2) is 53.3 Å². The minimum Gasteiger partial charge on any atom is -0.497 e. The van der Waals surface area contributed by atoms with Crippen molar-refractivity contribution in [3.05, 3.63) is 76.0 Å². The van der Waals surface area contributed by atoms with Gasteiger partial charge in [0.2, 0.25) is 0 Å². The van der Waals surface area contributed by atoms with Crippen molar-refractivity contribution in [3.63, 3.8) is 0 Å². The van der Waals surface area contributed by atoms with Crippen LogP contribution in [-0.2, 0) is 7.05 Å².